The second-order valence-electron chi connectivity index (χ2n) is 8.56. The quantitative estimate of drug-likeness (QED) is 0.671. The van der Waals surface area contributed by atoms with E-state index in [1.54, 1.807) is 44.4 Å². The Labute approximate surface area is 181 Å². The third kappa shape index (κ3) is 3.27. The summed E-state index contributed by atoms with van der Waals surface area (Å²) >= 11 is 0. The lowest BCUT2D eigenvalue weighted by Crippen LogP contribution is -2.56. The lowest BCUT2D eigenvalue weighted by molar-refractivity contribution is 0.0641. The summed E-state index contributed by atoms with van der Waals surface area (Å²) in [5, 5.41) is 0.495. The van der Waals surface area contributed by atoms with Crippen molar-refractivity contribution in [2.75, 3.05) is 18.0 Å². The summed E-state index contributed by atoms with van der Waals surface area (Å²) in [5.41, 5.74) is 1.34. The van der Waals surface area contributed by atoms with Gasteiger partial charge in [0, 0.05) is 24.8 Å². The van der Waals surface area contributed by atoms with E-state index in [1.807, 2.05) is 17.2 Å². The molecule has 0 aliphatic carbocycles. The van der Waals surface area contributed by atoms with Crippen LogP contribution in [0.2, 0.25) is 0 Å². The number of nitrogens with one attached hydrogen (secondary N) is 1. The Kier molecular flexibility index (Phi) is 4.73. The molecule has 0 radical (unpaired) electrons. The van der Waals surface area contributed by atoms with Crippen molar-refractivity contribution >= 4 is 32.6 Å². The van der Waals surface area contributed by atoms with Gasteiger partial charge < -0.3 is 14.8 Å². The third-order valence-corrected chi connectivity index (χ3v) is 8.57. The number of nitrogens with zero attached hydrogens (tertiary/aromatic N) is 4. The molecule has 2 aromatic heterocycles. The fraction of sp³-hybridized carbons (Fsp3) is 0.409. The zero-order valence-electron chi connectivity index (χ0n) is 17.5. The Balaban J connectivity index is 1.37. The number of fused-ring (bicyclic) bond motifs is 3. The number of carbonyl (C=O) groups is 1. The second-order valence-corrected chi connectivity index (χ2v) is 11.1. The number of hydrogen-bond acceptors (Lipinski definition) is 6. The highest BCUT2D eigenvalue weighted by molar-refractivity contribution is 7.92. The van der Waals surface area contributed by atoms with Crippen LogP contribution in [-0.4, -0.2) is 64.6 Å². The van der Waals surface area contributed by atoms with Crippen LogP contribution < -0.4 is 4.90 Å². The number of amides is 1. The predicted molar refractivity (Wildman–Crippen MR) is 118 cm³/mol. The van der Waals surface area contributed by atoms with Crippen molar-refractivity contribution in [3.63, 3.8) is 0 Å². The minimum absolute atomic E-state index is 0.0323. The van der Waals surface area contributed by atoms with Crippen LogP contribution in [0.25, 0.3) is 11.0 Å². The summed E-state index contributed by atoms with van der Waals surface area (Å²) in [4.78, 5) is 29.7. The molecule has 1 N–H and O–H groups in total. The highest BCUT2D eigenvalue weighted by atomic mass is 32.2. The molecule has 5 rings (SSSR count). The van der Waals surface area contributed by atoms with Crippen molar-refractivity contribution in [3.05, 3.63) is 48.4 Å². The third-order valence-electron chi connectivity index (χ3n) is 6.40. The monoisotopic (exact) mass is 439 g/mol. The standard InChI is InChI=1S/C22H25N5O3S/c1-14(2)31(29,30)18-7-3-15(4-8-18)22(28)27-16-5-6-17(27)12-26(11-16)21-19-9-10-23-20(19)24-13-25-21/h3-4,7-10,13-14,16-17H,5-6,11-12H2,1-2H3,(H,23,24,25). The van der Waals surface area contributed by atoms with E-state index in [9.17, 15) is 13.2 Å². The summed E-state index contributed by atoms with van der Waals surface area (Å²) in [6.45, 7) is 4.76. The number of H-pyrrole nitrogens is 1. The number of rotatable bonds is 4. The van der Waals surface area contributed by atoms with Crippen LogP contribution in [0.1, 0.15) is 37.0 Å². The Morgan fingerprint density at radius 3 is 2.39 bits per heavy atom. The number of aromatic amines is 1. The van der Waals surface area contributed by atoms with Gasteiger partial charge in [-0.15, -0.1) is 0 Å². The predicted octanol–water partition coefficient (Wildman–Crippen LogP) is 2.63. The zero-order chi connectivity index (χ0) is 21.8. The maximum atomic E-state index is 13.3. The van der Waals surface area contributed by atoms with Crippen molar-refractivity contribution in [2.24, 2.45) is 0 Å². The van der Waals surface area contributed by atoms with Gasteiger partial charge in [0.15, 0.2) is 9.84 Å². The number of piperazine rings is 1. The molecule has 2 aliphatic heterocycles. The van der Waals surface area contributed by atoms with E-state index in [4.69, 9.17) is 0 Å². The fourth-order valence-corrected chi connectivity index (χ4v) is 5.79. The average molecular weight is 440 g/mol. The van der Waals surface area contributed by atoms with E-state index in [0.717, 1.165) is 42.8 Å². The number of sulfone groups is 1. The SMILES string of the molecule is CC(C)S(=O)(=O)c1ccc(C(=O)N2C3CCC2CN(c2ncnc4[nH]ccc24)C3)cc1. The van der Waals surface area contributed by atoms with Crippen LogP contribution in [0.4, 0.5) is 5.82 Å². The molecular formula is C22H25N5O3S. The zero-order valence-corrected chi connectivity index (χ0v) is 18.3. The summed E-state index contributed by atoms with van der Waals surface area (Å²) in [5.74, 6) is 0.869. The van der Waals surface area contributed by atoms with Gasteiger partial charge in [-0.05, 0) is 57.0 Å². The van der Waals surface area contributed by atoms with Gasteiger partial charge >= 0.3 is 0 Å². The maximum absolute atomic E-state index is 13.3. The number of anilines is 1. The smallest absolute Gasteiger partial charge is 0.254 e. The van der Waals surface area contributed by atoms with Crippen molar-refractivity contribution in [3.8, 4) is 0 Å². The summed E-state index contributed by atoms with van der Waals surface area (Å²) in [6, 6.07) is 8.56. The van der Waals surface area contributed by atoms with Crippen molar-refractivity contribution in [2.45, 2.75) is 48.9 Å². The van der Waals surface area contributed by atoms with Gasteiger partial charge in [-0.25, -0.2) is 18.4 Å². The first kappa shape index (κ1) is 20.0. The molecule has 2 unspecified atom stereocenters. The Bertz CT molecular complexity index is 1220. The molecule has 0 spiro atoms. The van der Waals surface area contributed by atoms with Gasteiger partial charge in [-0.1, -0.05) is 0 Å². The number of carbonyl (C=O) groups excluding carboxylic acids is 1. The van der Waals surface area contributed by atoms with E-state index < -0.39 is 15.1 Å². The van der Waals surface area contributed by atoms with E-state index in [0.29, 0.717) is 5.56 Å². The molecule has 9 heteroatoms. The molecule has 1 amide bonds. The van der Waals surface area contributed by atoms with Gasteiger partial charge in [-0.2, -0.15) is 0 Å². The number of aromatic nitrogens is 3. The van der Waals surface area contributed by atoms with Gasteiger partial charge in [0.1, 0.15) is 17.8 Å². The molecule has 2 saturated heterocycles. The first-order chi connectivity index (χ1) is 14.9. The van der Waals surface area contributed by atoms with Gasteiger partial charge in [0.25, 0.3) is 5.91 Å². The summed E-state index contributed by atoms with van der Waals surface area (Å²) < 4.78 is 24.7. The van der Waals surface area contributed by atoms with Crippen molar-refractivity contribution in [1.82, 2.24) is 19.9 Å². The largest absolute Gasteiger partial charge is 0.352 e. The van der Waals surface area contributed by atoms with Crippen LogP contribution in [0.3, 0.4) is 0 Å². The van der Waals surface area contributed by atoms with E-state index in [2.05, 4.69) is 19.9 Å². The fourth-order valence-electron chi connectivity index (χ4n) is 4.73. The summed E-state index contributed by atoms with van der Waals surface area (Å²) in [7, 11) is -3.35. The first-order valence-corrected chi connectivity index (χ1v) is 12.1. The van der Waals surface area contributed by atoms with E-state index >= 15 is 0 Å². The minimum Gasteiger partial charge on any atom is -0.352 e. The van der Waals surface area contributed by atoms with Crippen LogP contribution in [0.15, 0.2) is 47.8 Å². The molecule has 2 bridgehead atoms. The molecule has 3 aromatic rings. The number of hydrogen-bond donors (Lipinski definition) is 1. The molecule has 2 aliphatic rings. The highest BCUT2D eigenvalue weighted by Gasteiger charge is 2.43. The minimum atomic E-state index is -3.35. The van der Waals surface area contributed by atoms with Gasteiger partial charge in [0.2, 0.25) is 0 Å². The van der Waals surface area contributed by atoms with Crippen LogP contribution in [-0.2, 0) is 9.84 Å². The molecule has 162 valence electrons. The van der Waals surface area contributed by atoms with E-state index in [-0.39, 0.29) is 22.9 Å². The Morgan fingerprint density at radius 1 is 1.06 bits per heavy atom. The maximum Gasteiger partial charge on any atom is 0.254 e. The Hall–Kier alpha value is -2.94. The molecule has 31 heavy (non-hydrogen) atoms. The second kappa shape index (κ2) is 7.33. The summed E-state index contributed by atoms with van der Waals surface area (Å²) in [6.07, 6.45) is 5.34. The van der Waals surface area contributed by atoms with E-state index in [1.165, 1.54) is 0 Å². The normalized spacial score (nSPS) is 21.3. The molecule has 4 heterocycles. The number of benzene rings is 1. The highest BCUT2D eigenvalue weighted by Crippen LogP contribution is 2.35. The van der Waals surface area contributed by atoms with Crippen LogP contribution in [0, 0.1) is 0 Å². The lowest BCUT2D eigenvalue weighted by Gasteiger charge is -2.41. The lowest BCUT2D eigenvalue weighted by atomic mass is 10.1. The van der Waals surface area contributed by atoms with Gasteiger partial charge in [-0.3, -0.25) is 4.79 Å². The van der Waals surface area contributed by atoms with Crippen LogP contribution in [0.5, 0.6) is 0 Å². The first-order valence-electron chi connectivity index (χ1n) is 10.6. The molecule has 2 atom stereocenters. The molecular weight excluding hydrogens is 414 g/mol. The van der Waals surface area contributed by atoms with Crippen molar-refractivity contribution < 1.29 is 13.2 Å². The average Bonchev–Trinajstić information content (AvgIpc) is 3.35. The van der Waals surface area contributed by atoms with Crippen molar-refractivity contribution in [1.29, 1.82) is 0 Å². The molecule has 1 aromatic carbocycles. The Morgan fingerprint density at radius 2 is 1.74 bits per heavy atom. The van der Waals surface area contributed by atoms with Crippen LogP contribution >= 0.6 is 0 Å². The topological polar surface area (TPSA) is 99.3 Å². The molecule has 0 saturated carbocycles. The molecule has 2 fully saturated rings. The molecule has 8 nitrogen and oxygen atoms in total. The van der Waals surface area contributed by atoms with Gasteiger partial charge in [0.05, 0.1) is 27.6 Å².